The molecule has 2 atom stereocenters. The number of para-hydroxylation sites is 1. The van der Waals surface area contributed by atoms with Crippen molar-refractivity contribution in [1.29, 1.82) is 0 Å². The van der Waals surface area contributed by atoms with Gasteiger partial charge in [0.1, 0.15) is 17.1 Å². The summed E-state index contributed by atoms with van der Waals surface area (Å²) >= 11 is 0. The van der Waals surface area contributed by atoms with Crippen LogP contribution in [0, 0.1) is 5.92 Å². The third-order valence-electron chi connectivity index (χ3n) is 7.25. The van der Waals surface area contributed by atoms with Crippen LogP contribution in [0.15, 0.2) is 53.4 Å². The van der Waals surface area contributed by atoms with Crippen molar-refractivity contribution in [2.45, 2.75) is 62.5 Å². The number of methoxy groups -OCH3 is 1. The largest absolute Gasteiger partial charge is 0.497 e. The first-order chi connectivity index (χ1) is 16.3. The van der Waals surface area contributed by atoms with E-state index in [-0.39, 0.29) is 29.0 Å². The van der Waals surface area contributed by atoms with Crippen LogP contribution in [0.4, 0.5) is 0 Å². The molecule has 0 spiro atoms. The molecule has 1 fully saturated rings. The highest BCUT2D eigenvalue weighted by Gasteiger charge is 2.40. The minimum atomic E-state index is -3.68. The van der Waals surface area contributed by atoms with Crippen LogP contribution in [-0.4, -0.2) is 44.4 Å². The minimum absolute atomic E-state index is 0.0996. The summed E-state index contributed by atoms with van der Waals surface area (Å²) in [6.45, 7) is 4.81. The molecule has 2 aromatic rings. The SMILES string of the molecule is CCC1(CC)C[C@@H](NC(=O)[C@@H]2CCCN(S(=O)(=O)c3ccc(OC)cc3)C2)c2ccccc2O1. The van der Waals surface area contributed by atoms with Gasteiger partial charge in [-0.3, -0.25) is 4.79 Å². The van der Waals surface area contributed by atoms with E-state index in [4.69, 9.17) is 9.47 Å². The Bertz CT molecular complexity index is 1110. The summed E-state index contributed by atoms with van der Waals surface area (Å²) in [5, 5.41) is 3.24. The van der Waals surface area contributed by atoms with Crippen molar-refractivity contribution < 1.29 is 22.7 Å². The van der Waals surface area contributed by atoms with Crippen molar-refractivity contribution in [1.82, 2.24) is 9.62 Å². The topological polar surface area (TPSA) is 84.9 Å². The van der Waals surface area contributed by atoms with Crippen LogP contribution < -0.4 is 14.8 Å². The predicted octanol–water partition coefficient (Wildman–Crippen LogP) is 4.29. The summed E-state index contributed by atoms with van der Waals surface area (Å²) in [4.78, 5) is 13.6. The minimum Gasteiger partial charge on any atom is -0.497 e. The van der Waals surface area contributed by atoms with Gasteiger partial charge >= 0.3 is 0 Å². The molecule has 2 aliphatic heterocycles. The van der Waals surface area contributed by atoms with E-state index in [1.807, 2.05) is 24.3 Å². The van der Waals surface area contributed by atoms with Crippen molar-refractivity contribution in [3.8, 4) is 11.5 Å². The third kappa shape index (κ3) is 4.79. The van der Waals surface area contributed by atoms with Crippen LogP contribution in [-0.2, 0) is 14.8 Å². The maximum absolute atomic E-state index is 13.4. The van der Waals surface area contributed by atoms with E-state index in [2.05, 4.69) is 19.2 Å². The maximum atomic E-state index is 13.4. The van der Waals surface area contributed by atoms with Gasteiger partial charge in [-0.25, -0.2) is 8.42 Å². The van der Waals surface area contributed by atoms with E-state index in [9.17, 15) is 13.2 Å². The fraction of sp³-hybridized carbons (Fsp3) is 0.500. The number of nitrogens with one attached hydrogen (secondary N) is 1. The Hall–Kier alpha value is -2.58. The van der Waals surface area contributed by atoms with Crippen LogP contribution >= 0.6 is 0 Å². The molecule has 0 aromatic heterocycles. The number of hydrogen-bond acceptors (Lipinski definition) is 5. The van der Waals surface area contributed by atoms with Gasteiger partial charge in [0, 0.05) is 25.1 Å². The molecule has 0 radical (unpaired) electrons. The number of sulfonamides is 1. The van der Waals surface area contributed by atoms with Gasteiger partial charge in [0.2, 0.25) is 15.9 Å². The summed E-state index contributed by atoms with van der Waals surface area (Å²) < 4.78 is 39.3. The maximum Gasteiger partial charge on any atom is 0.243 e. The fourth-order valence-corrected chi connectivity index (χ4v) is 6.51. The second-order valence-corrected chi connectivity index (χ2v) is 11.1. The smallest absolute Gasteiger partial charge is 0.243 e. The van der Waals surface area contributed by atoms with Gasteiger partial charge in [0.15, 0.2) is 0 Å². The average Bonchev–Trinajstić information content (AvgIpc) is 2.88. The van der Waals surface area contributed by atoms with Crippen molar-refractivity contribution in [3.63, 3.8) is 0 Å². The van der Waals surface area contributed by atoms with Crippen molar-refractivity contribution >= 4 is 15.9 Å². The van der Waals surface area contributed by atoms with Gasteiger partial charge in [0.25, 0.3) is 0 Å². The Labute approximate surface area is 202 Å². The number of carbonyl (C=O) groups excluding carboxylic acids is 1. The van der Waals surface area contributed by atoms with Gasteiger partial charge in [0.05, 0.1) is 24.0 Å². The molecule has 0 aliphatic carbocycles. The van der Waals surface area contributed by atoms with E-state index < -0.39 is 15.9 Å². The molecule has 0 unspecified atom stereocenters. The number of nitrogens with zero attached hydrogens (tertiary/aromatic N) is 1. The summed E-state index contributed by atoms with van der Waals surface area (Å²) in [5.41, 5.74) is 0.662. The summed E-state index contributed by atoms with van der Waals surface area (Å²) in [5.74, 6) is 0.920. The van der Waals surface area contributed by atoms with Gasteiger partial charge < -0.3 is 14.8 Å². The molecule has 1 N–H and O–H groups in total. The predicted molar refractivity (Wildman–Crippen MR) is 130 cm³/mol. The van der Waals surface area contributed by atoms with Gasteiger partial charge in [-0.1, -0.05) is 32.0 Å². The number of fused-ring (bicyclic) bond motifs is 1. The van der Waals surface area contributed by atoms with Crippen LogP contribution in [0.3, 0.4) is 0 Å². The number of piperidine rings is 1. The lowest BCUT2D eigenvalue weighted by atomic mass is 9.83. The molecule has 34 heavy (non-hydrogen) atoms. The first kappa shape index (κ1) is 24.5. The quantitative estimate of drug-likeness (QED) is 0.631. The Morgan fingerprint density at radius 2 is 1.85 bits per heavy atom. The monoisotopic (exact) mass is 486 g/mol. The summed E-state index contributed by atoms with van der Waals surface area (Å²) in [7, 11) is -2.14. The zero-order valence-electron chi connectivity index (χ0n) is 20.1. The van der Waals surface area contributed by atoms with E-state index >= 15 is 0 Å². The molecule has 0 bridgehead atoms. The second-order valence-electron chi connectivity index (χ2n) is 9.17. The van der Waals surface area contributed by atoms with Crippen LogP contribution in [0.25, 0.3) is 0 Å². The lowest BCUT2D eigenvalue weighted by Crippen LogP contribution is -2.49. The highest BCUT2D eigenvalue weighted by Crippen LogP contribution is 2.42. The van der Waals surface area contributed by atoms with Crippen molar-refractivity contribution in [3.05, 3.63) is 54.1 Å². The highest BCUT2D eigenvalue weighted by atomic mass is 32.2. The van der Waals surface area contributed by atoms with E-state index in [0.717, 1.165) is 24.2 Å². The Balaban J connectivity index is 1.50. The number of amides is 1. The first-order valence-corrected chi connectivity index (χ1v) is 13.5. The number of benzene rings is 2. The normalized spacial score (nSPS) is 22.3. The Kier molecular flexibility index (Phi) is 7.19. The van der Waals surface area contributed by atoms with Crippen LogP contribution in [0.1, 0.15) is 57.6 Å². The summed E-state index contributed by atoms with van der Waals surface area (Å²) in [6, 6.07) is 14.1. The molecule has 2 aromatic carbocycles. The van der Waals surface area contributed by atoms with E-state index in [0.29, 0.717) is 31.6 Å². The van der Waals surface area contributed by atoms with Crippen LogP contribution in [0.5, 0.6) is 11.5 Å². The molecular weight excluding hydrogens is 452 g/mol. The standard InChI is InChI=1S/C26H34N2O5S/c1-4-26(5-2)17-23(22-10-6-7-11-24(22)33-26)27-25(29)19-9-8-16-28(18-19)34(30,31)21-14-12-20(32-3)13-15-21/h6-7,10-15,19,23H,4-5,8-9,16-18H2,1-3H3,(H,27,29)/t19-,23-/m1/s1. The molecule has 4 rings (SSSR count). The number of carbonyl (C=O) groups is 1. The third-order valence-corrected chi connectivity index (χ3v) is 9.13. The van der Waals surface area contributed by atoms with Crippen molar-refractivity contribution in [2.24, 2.45) is 5.92 Å². The zero-order valence-corrected chi connectivity index (χ0v) is 20.9. The van der Waals surface area contributed by atoms with Gasteiger partial charge in [-0.15, -0.1) is 0 Å². The Morgan fingerprint density at radius 3 is 2.53 bits per heavy atom. The highest BCUT2D eigenvalue weighted by molar-refractivity contribution is 7.89. The Morgan fingerprint density at radius 1 is 1.15 bits per heavy atom. The lowest BCUT2D eigenvalue weighted by molar-refractivity contribution is -0.127. The van der Waals surface area contributed by atoms with Gasteiger partial charge in [-0.2, -0.15) is 4.31 Å². The number of rotatable bonds is 7. The zero-order chi connectivity index (χ0) is 24.3. The first-order valence-electron chi connectivity index (χ1n) is 12.0. The molecule has 1 saturated heterocycles. The molecular formula is C26H34N2O5S. The number of hydrogen-bond donors (Lipinski definition) is 1. The average molecular weight is 487 g/mol. The van der Waals surface area contributed by atoms with Gasteiger partial charge in [-0.05, 0) is 56.0 Å². The van der Waals surface area contributed by atoms with E-state index in [1.54, 1.807) is 31.4 Å². The molecule has 2 heterocycles. The molecule has 7 nitrogen and oxygen atoms in total. The van der Waals surface area contributed by atoms with Crippen LogP contribution in [0.2, 0.25) is 0 Å². The molecule has 0 saturated carbocycles. The number of ether oxygens (including phenoxy) is 2. The lowest BCUT2D eigenvalue weighted by Gasteiger charge is -2.42. The molecule has 1 amide bonds. The molecule has 8 heteroatoms. The second kappa shape index (κ2) is 9.96. The molecule has 184 valence electrons. The molecule has 2 aliphatic rings. The van der Waals surface area contributed by atoms with E-state index in [1.165, 1.54) is 4.31 Å². The van der Waals surface area contributed by atoms with Crippen molar-refractivity contribution in [2.75, 3.05) is 20.2 Å². The summed E-state index contributed by atoms with van der Waals surface area (Å²) in [6.07, 6.45) is 3.70. The fourth-order valence-electron chi connectivity index (χ4n) is 4.99.